The van der Waals surface area contributed by atoms with Crippen LogP contribution < -0.4 is 14.5 Å². The zero-order chi connectivity index (χ0) is 23.8. The van der Waals surface area contributed by atoms with Crippen LogP contribution in [0, 0.1) is 5.92 Å². The molecule has 1 aromatic carbocycles. The van der Waals surface area contributed by atoms with Gasteiger partial charge in [-0.2, -0.15) is 5.10 Å². The molecule has 8 heteroatoms. The molecular weight excluding hydrogens is 440 g/mol. The third-order valence-corrected chi connectivity index (χ3v) is 7.97. The number of hydrogen-bond acceptors (Lipinski definition) is 6. The van der Waals surface area contributed by atoms with E-state index < -0.39 is 0 Å². The Labute approximate surface area is 206 Å². The fourth-order valence-corrected chi connectivity index (χ4v) is 5.95. The van der Waals surface area contributed by atoms with E-state index in [1.165, 1.54) is 35.3 Å². The summed E-state index contributed by atoms with van der Waals surface area (Å²) in [7, 11) is 1.69. The second-order valence-corrected chi connectivity index (χ2v) is 9.95. The van der Waals surface area contributed by atoms with Gasteiger partial charge in [-0.1, -0.05) is 0 Å². The summed E-state index contributed by atoms with van der Waals surface area (Å²) in [6.45, 7) is 5.05. The van der Waals surface area contributed by atoms with Gasteiger partial charge in [0, 0.05) is 68.8 Å². The minimum atomic E-state index is 0.109. The molecule has 0 N–H and O–H groups in total. The third kappa shape index (κ3) is 4.19. The number of methoxy groups -OCH3 is 1. The molecule has 35 heavy (non-hydrogen) atoms. The number of carbonyl (C=O) groups is 1. The Morgan fingerprint density at radius 3 is 2.43 bits per heavy atom. The topological polar surface area (TPSA) is 66.2 Å². The molecule has 2 fully saturated rings. The summed E-state index contributed by atoms with van der Waals surface area (Å²) < 4.78 is 7.29. The molecule has 2 saturated heterocycles. The summed E-state index contributed by atoms with van der Waals surface area (Å²) in [4.78, 5) is 24.9. The number of fused-ring (bicyclic) bond motifs is 3. The first-order valence-corrected chi connectivity index (χ1v) is 13.0. The number of benzene rings is 1. The van der Waals surface area contributed by atoms with Gasteiger partial charge in [0.05, 0.1) is 12.8 Å². The molecule has 2 aliphatic heterocycles. The van der Waals surface area contributed by atoms with Gasteiger partial charge in [-0.25, -0.2) is 9.50 Å². The smallest absolute Gasteiger partial charge is 0.225 e. The van der Waals surface area contributed by atoms with E-state index in [1.807, 2.05) is 29.0 Å². The van der Waals surface area contributed by atoms with Crippen molar-refractivity contribution < 1.29 is 9.53 Å². The highest BCUT2D eigenvalue weighted by molar-refractivity contribution is 5.80. The van der Waals surface area contributed by atoms with Crippen LogP contribution in [0.3, 0.4) is 0 Å². The van der Waals surface area contributed by atoms with E-state index in [9.17, 15) is 4.79 Å². The number of aromatic nitrogens is 3. The summed E-state index contributed by atoms with van der Waals surface area (Å²) in [5, 5.41) is 4.83. The molecule has 0 bridgehead atoms. The lowest BCUT2D eigenvalue weighted by Gasteiger charge is -2.39. The van der Waals surface area contributed by atoms with Crippen LogP contribution in [-0.4, -0.2) is 71.8 Å². The molecule has 3 aliphatic rings. The molecule has 184 valence electrons. The number of hydrogen-bond donors (Lipinski definition) is 0. The van der Waals surface area contributed by atoms with Crippen LogP contribution in [-0.2, 0) is 17.6 Å². The van der Waals surface area contributed by atoms with E-state index >= 15 is 0 Å². The largest absolute Gasteiger partial charge is 0.497 e. The van der Waals surface area contributed by atoms with Gasteiger partial charge in [0.1, 0.15) is 11.3 Å². The Balaban J connectivity index is 1.07. The average molecular weight is 475 g/mol. The maximum absolute atomic E-state index is 13.3. The van der Waals surface area contributed by atoms with E-state index in [-0.39, 0.29) is 5.92 Å². The maximum atomic E-state index is 13.3. The van der Waals surface area contributed by atoms with Crippen molar-refractivity contribution >= 4 is 22.9 Å². The minimum Gasteiger partial charge on any atom is -0.497 e. The van der Waals surface area contributed by atoms with Crippen LogP contribution in [0.15, 0.2) is 36.7 Å². The SMILES string of the molecule is COc1ccc(N2CCN(C(=O)C3CCN(c4nccn5nc6c(c45)CCCC6)CC3)CC2)cc1. The van der Waals surface area contributed by atoms with Crippen LogP contribution in [0.25, 0.3) is 5.52 Å². The molecule has 0 spiro atoms. The van der Waals surface area contributed by atoms with E-state index in [4.69, 9.17) is 14.8 Å². The van der Waals surface area contributed by atoms with Gasteiger partial charge in [0.15, 0.2) is 5.82 Å². The van der Waals surface area contributed by atoms with Gasteiger partial charge in [-0.3, -0.25) is 4.79 Å². The van der Waals surface area contributed by atoms with Gasteiger partial charge in [-0.05, 0) is 62.8 Å². The molecule has 3 aromatic rings. The summed E-state index contributed by atoms with van der Waals surface area (Å²) in [6, 6.07) is 8.18. The molecule has 1 aliphatic carbocycles. The molecule has 0 radical (unpaired) electrons. The van der Waals surface area contributed by atoms with Crippen LogP contribution in [0.4, 0.5) is 11.5 Å². The number of piperazine rings is 1. The standard InChI is InChI=1S/C27H34N6O2/c1-35-22-8-6-21(7-9-22)30-16-18-32(19-17-30)27(34)20-10-13-31(14-11-20)26-25-23-4-2-3-5-24(23)29-33(25)15-12-28-26/h6-9,12,15,20H,2-5,10-11,13-14,16-19H2,1H3. The van der Waals surface area contributed by atoms with Gasteiger partial charge >= 0.3 is 0 Å². The van der Waals surface area contributed by atoms with Crippen LogP contribution >= 0.6 is 0 Å². The Kier molecular flexibility index (Phi) is 5.96. The third-order valence-electron chi connectivity index (χ3n) is 7.97. The zero-order valence-corrected chi connectivity index (χ0v) is 20.5. The average Bonchev–Trinajstić information content (AvgIpc) is 3.32. The zero-order valence-electron chi connectivity index (χ0n) is 20.5. The fourth-order valence-electron chi connectivity index (χ4n) is 5.95. The quantitative estimate of drug-likeness (QED) is 0.579. The first-order chi connectivity index (χ1) is 17.2. The number of carbonyl (C=O) groups excluding carboxylic acids is 1. The van der Waals surface area contributed by atoms with Crippen molar-refractivity contribution in [3.05, 3.63) is 47.9 Å². The number of ether oxygens (including phenoxy) is 1. The Morgan fingerprint density at radius 2 is 1.69 bits per heavy atom. The predicted molar refractivity (Wildman–Crippen MR) is 136 cm³/mol. The molecule has 0 atom stereocenters. The summed E-state index contributed by atoms with van der Waals surface area (Å²) in [5.41, 5.74) is 4.99. The molecule has 0 saturated carbocycles. The Morgan fingerprint density at radius 1 is 0.943 bits per heavy atom. The molecule has 8 nitrogen and oxygen atoms in total. The van der Waals surface area contributed by atoms with E-state index in [2.05, 4.69) is 26.8 Å². The summed E-state index contributed by atoms with van der Waals surface area (Å²) >= 11 is 0. The lowest BCUT2D eigenvalue weighted by Crippen LogP contribution is -2.51. The normalized spacial score (nSPS) is 19.2. The number of aryl methyl sites for hydroxylation is 2. The van der Waals surface area contributed by atoms with Crippen molar-refractivity contribution in [1.29, 1.82) is 0 Å². The lowest BCUT2D eigenvalue weighted by atomic mass is 9.94. The molecule has 1 amide bonds. The first kappa shape index (κ1) is 22.2. The summed E-state index contributed by atoms with van der Waals surface area (Å²) in [5.74, 6) is 2.35. The fraction of sp³-hybridized carbons (Fsp3) is 0.519. The highest BCUT2D eigenvalue weighted by atomic mass is 16.5. The van der Waals surface area contributed by atoms with Crippen molar-refractivity contribution in [1.82, 2.24) is 19.5 Å². The van der Waals surface area contributed by atoms with Crippen molar-refractivity contribution in [2.24, 2.45) is 5.92 Å². The number of piperidine rings is 1. The highest BCUT2D eigenvalue weighted by Gasteiger charge is 2.32. The first-order valence-electron chi connectivity index (χ1n) is 13.0. The Hall–Kier alpha value is -3.29. The number of rotatable bonds is 4. The molecule has 0 unspecified atom stereocenters. The van der Waals surface area contributed by atoms with E-state index in [0.717, 1.165) is 76.5 Å². The minimum absolute atomic E-state index is 0.109. The molecule has 6 rings (SSSR count). The molecule has 4 heterocycles. The molecular formula is C27H34N6O2. The highest BCUT2D eigenvalue weighted by Crippen LogP contribution is 2.32. The number of nitrogens with zero attached hydrogens (tertiary/aromatic N) is 6. The van der Waals surface area contributed by atoms with Gasteiger partial charge in [0.25, 0.3) is 0 Å². The number of amides is 1. The second kappa shape index (κ2) is 9.40. The maximum Gasteiger partial charge on any atom is 0.225 e. The van der Waals surface area contributed by atoms with Crippen LogP contribution in [0.1, 0.15) is 36.9 Å². The lowest BCUT2D eigenvalue weighted by molar-refractivity contribution is -0.136. The van der Waals surface area contributed by atoms with Crippen molar-refractivity contribution in [3.8, 4) is 5.75 Å². The van der Waals surface area contributed by atoms with Gasteiger partial charge < -0.3 is 19.4 Å². The predicted octanol–water partition coefficient (Wildman–Crippen LogP) is 3.18. The number of anilines is 2. The van der Waals surface area contributed by atoms with Gasteiger partial charge in [0.2, 0.25) is 5.91 Å². The summed E-state index contributed by atoms with van der Waals surface area (Å²) in [6.07, 6.45) is 10.2. The van der Waals surface area contributed by atoms with E-state index in [0.29, 0.717) is 5.91 Å². The second-order valence-electron chi connectivity index (χ2n) is 9.95. The van der Waals surface area contributed by atoms with Crippen LogP contribution in [0.5, 0.6) is 5.75 Å². The molecule has 2 aromatic heterocycles. The van der Waals surface area contributed by atoms with Crippen molar-refractivity contribution in [2.45, 2.75) is 38.5 Å². The monoisotopic (exact) mass is 474 g/mol. The van der Waals surface area contributed by atoms with Crippen molar-refractivity contribution in [2.75, 3.05) is 56.2 Å². The van der Waals surface area contributed by atoms with Gasteiger partial charge in [-0.15, -0.1) is 0 Å². The van der Waals surface area contributed by atoms with Crippen LogP contribution in [0.2, 0.25) is 0 Å². The Bertz CT molecular complexity index is 1190. The van der Waals surface area contributed by atoms with E-state index in [1.54, 1.807) is 7.11 Å². The van der Waals surface area contributed by atoms with Crippen molar-refractivity contribution in [3.63, 3.8) is 0 Å².